The second-order valence-electron chi connectivity index (χ2n) is 5.31. The highest BCUT2D eigenvalue weighted by Gasteiger charge is 2.27. The van der Waals surface area contributed by atoms with Crippen molar-refractivity contribution in [2.45, 2.75) is 12.3 Å². The Bertz CT molecular complexity index is 1090. The van der Waals surface area contributed by atoms with E-state index in [0.717, 1.165) is 0 Å². The maximum absolute atomic E-state index is 14.1. The van der Waals surface area contributed by atoms with E-state index in [4.69, 9.17) is 26.5 Å². The molecule has 2 aliphatic heterocycles. The highest BCUT2D eigenvalue weighted by molar-refractivity contribution is 5.46. The van der Waals surface area contributed by atoms with Crippen LogP contribution in [0.25, 0.3) is 0 Å². The fraction of sp³-hybridized carbons (Fsp3) is 0.368. The molecule has 5 heteroatoms. The average molecular weight is 338 g/mol. The van der Waals surface area contributed by atoms with Gasteiger partial charge in [-0.2, -0.15) is 0 Å². The zero-order valence-electron chi connectivity index (χ0n) is 21.5. The number of nitrogens with one attached hydrogen (secondary N) is 1. The average Bonchev–Trinajstić information content (AvgIpc) is 3.05. The van der Waals surface area contributed by atoms with Gasteiger partial charge in [-0.25, -0.2) is 4.39 Å². The monoisotopic (exact) mass is 338 g/mol. The number of benzene rings is 2. The van der Waals surface area contributed by atoms with Gasteiger partial charge >= 0.3 is 0 Å². The van der Waals surface area contributed by atoms with Gasteiger partial charge in [-0.05, 0) is 48.6 Å². The zero-order valence-corrected chi connectivity index (χ0v) is 12.5. The van der Waals surface area contributed by atoms with Crippen molar-refractivity contribution in [2.75, 3.05) is 26.4 Å². The Morgan fingerprint density at radius 3 is 3.00 bits per heavy atom. The van der Waals surface area contributed by atoms with Crippen LogP contribution in [0.5, 0.6) is 17.2 Å². The number of hydrogen-bond acceptors (Lipinski definition) is 4. The Hall–Kier alpha value is -2.27. The molecule has 2 aromatic carbocycles. The Balaban J connectivity index is 1.69. The number of hydrogen-bond donors (Lipinski definition) is 1. The molecule has 4 nitrogen and oxygen atoms in total. The molecule has 2 aromatic rings. The standard InChI is InChI=1S/C19H20FNO3/c20-15-3-1-13(2-4-15)17-7-8-21-10-14(17)11-22-16-5-6-18-19(9-16)24-12-23-18/h1-6,9,14,17,21H,7-8,10-12H2/t14-,17?/m0/s1/i1D,2D,3D,4D,7D2,12D2,17D. The van der Waals surface area contributed by atoms with Gasteiger partial charge in [0.1, 0.15) is 14.3 Å². The van der Waals surface area contributed by atoms with E-state index in [2.05, 4.69) is 5.32 Å². The molecule has 0 bridgehead atoms. The number of fused-ring (bicyclic) bond motifs is 1. The van der Waals surface area contributed by atoms with Gasteiger partial charge in [0.15, 0.2) is 11.5 Å². The predicted molar refractivity (Wildman–Crippen MR) is 88.2 cm³/mol. The first-order valence-electron chi connectivity index (χ1n) is 11.9. The highest BCUT2D eigenvalue weighted by atomic mass is 19.1. The summed E-state index contributed by atoms with van der Waals surface area (Å²) in [6.45, 7) is -2.81. The first kappa shape index (κ1) is 8.21. The quantitative estimate of drug-likeness (QED) is 0.928. The third-order valence-corrected chi connectivity index (χ3v) is 3.74. The fourth-order valence-corrected chi connectivity index (χ4v) is 2.57. The summed E-state index contributed by atoms with van der Waals surface area (Å²) in [4.78, 5) is 0. The van der Waals surface area contributed by atoms with E-state index in [1.165, 1.54) is 18.2 Å². The van der Waals surface area contributed by atoms with Crippen molar-refractivity contribution in [1.82, 2.24) is 5.32 Å². The van der Waals surface area contributed by atoms with Gasteiger partial charge in [-0.1, -0.05) is 12.1 Å². The van der Waals surface area contributed by atoms with E-state index < -0.39 is 60.5 Å². The van der Waals surface area contributed by atoms with Gasteiger partial charge < -0.3 is 19.5 Å². The molecule has 2 atom stereocenters. The molecule has 4 rings (SSSR count). The molecule has 2 heterocycles. The molecule has 0 amide bonds. The van der Waals surface area contributed by atoms with Crippen LogP contribution in [0, 0.1) is 11.7 Å². The molecular formula is C19H20FNO3. The summed E-state index contributed by atoms with van der Waals surface area (Å²) in [6.07, 6.45) is -2.34. The van der Waals surface area contributed by atoms with Crippen LogP contribution >= 0.6 is 0 Å². The minimum absolute atomic E-state index is 0.0625. The van der Waals surface area contributed by atoms with E-state index in [-0.39, 0.29) is 36.9 Å². The lowest BCUT2D eigenvalue weighted by atomic mass is 9.81. The van der Waals surface area contributed by atoms with Crippen molar-refractivity contribution in [3.63, 3.8) is 0 Å². The molecule has 0 aromatic heterocycles. The molecule has 1 fully saturated rings. The van der Waals surface area contributed by atoms with Crippen LogP contribution in [-0.2, 0) is 0 Å². The lowest BCUT2D eigenvalue weighted by Gasteiger charge is -2.32. The van der Waals surface area contributed by atoms with E-state index in [0.29, 0.717) is 0 Å². The SMILES string of the molecule is [2H]c1c([2H])c(C2([2H])[C@H](COc3ccc4c(c3)OC([2H])([2H])O4)CNCC2([2H])[2H])c([2H])c([2H])c1F. The van der Waals surface area contributed by atoms with Crippen LogP contribution in [-0.4, -0.2) is 26.4 Å². The van der Waals surface area contributed by atoms with Gasteiger partial charge in [-0.15, -0.1) is 0 Å². The molecule has 2 aliphatic rings. The third-order valence-electron chi connectivity index (χ3n) is 3.74. The van der Waals surface area contributed by atoms with E-state index in [9.17, 15) is 4.39 Å². The Morgan fingerprint density at radius 2 is 2.12 bits per heavy atom. The van der Waals surface area contributed by atoms with E-state index in [1.54, 1.807) is 0 Å². The summed E-state index contributed by atoms with van der Waals surface area (Å²) < 4.78 is 103. The van der Waals surface area contributed by atoms with E-state index in [1.807, 2.05) is 0 Å². The van der Waals surface area contributed by atoms with Crippen LogP contribution < -0.4 is 19.5 Å². The molecule has 0 saturated carbocycles. The number of halogens is 1. The molecule has 0 radical (unpaired) electrons. The molecule has 1 N–H and O–H groups in total. The second kappa shape index (κ2) is 6.69. The predicted octanol–water partition coefficient (Wildman–Crippen LogP) is 3.33. The zero-order chi connectivity index (χ0) is 24.3. The molecular weight excluding hydrogens is 309 g/mol. The number of rotatable bonds is 4. The summed E-state index contributed by atoms with van der Waals surface area (Å²) in [6, 6.07) is 0.768. The Kier molecular flexibility index (Phi) is 2.29. The summed E-state index contributed by atoms with van der Waals surface area (Å²) in [7, 11) is 0. The summed E-state index contributed by atoms with van der Waals surface area (Å²) >= 11 is 0. The van der Waals surface area contributed by atoms with Crippen molar-refractivity contribution in [3.05, 3.63) is 53.7 Å². The van der Waals surface area contributed by atoms with Gasteiger partial charge in [0, 0.05) is 22.6 Å². The smallest absolute Gasteiger partial charge is 0.231 e. The first-order valence-corrected chi connectivity index (χ1v) is 7.40. The van der Waals surface area contributed by atoms with Crippen molar-refractivity contribution in [2.24, 2.45) is 5.92 Å². The van der Waals surface area contributed by atoms with Crippen molar-refractivity contribution < 1.29 is 30.9 Å². The minimum Gasteiger partial charge on any atom is -0.493 e. The fourth-order valence-electron chi connectivity index (χ4n) is 2.57. The summed E-state index contributed by atoms with van der Waals surface area (Å²) in [5.74, 6) is -4.14. The van der Waals surface area contributed by atoms with Crippen LogP contribution in [0.15, 0.2) is 42.4 Å². The molecule has 1 unspecified atom stereocenters. The van der Waals surface area contributed by atoms with Gasteiger partial charge in [0.25, 0.3) is 0 Å². The van der Waals surface area contributed by atoms with Crippen molar-refractivity contribution in [3.8, 4) is 17.2 Å². The van der Waals surface area contributed by atoms with Crippen molar-refractivity contribution >= 4 is 0 Å². The van der Waals surface area contributed by atoms with Crippen LogP contribution in [0.4, 0.5) is 4.39 Å². The van der Waals surface area contributed by atoms with Crippen LogP contribution in [0.1, 0.15) is 30.2 Å². The van der Waals surface area contributed by atoms with E-state index >= 15 is 0 Å². The lowest BCUT2D eigenvalue weighted by Crippen LogP contribution is -2.38. The second-order valence-corrected chi connectivity index (χ2v) is 5.31. The maximum atomic E-state index is 14.1. The van der Waals surface area contributed by atoms with Gasteiger partial charge in [0.05, 0.1) is 12.1 Å². The molecule has 1 saturated heterocycles. The summed E-state index contributed by atoms with van der Waals surface area (Å²) in [5.41, 5.74) is -0.530. The third kappa shape index (κ3) is 3.17. The van der Waals surface area contributed by atoms with Gasteiger partial charge in [0.2, 0.25) is 6.75 Å². The Morgan fingerprint density at radius 1 is 1.29 bits per heavy atom. The first-order chi connectivity index (χ1) is 15.3. The molecule has 24 heavy (non-hydrogen) atoms. The van der Waals surface area contributed by atoms with Crippen molar-refractivity contribution in [1.29, 1.82) is 0 Å². The van der Waals surface area contributed by atoms with Crippen LogP contribution in [0.2, 0.25) is 0 Å². The normalized spacial score (nSPS) is 35.0. The minimum atomic E-state index is -2.34. The topological polar surface area (TPSA) is 39.7 Å². The molecule has 126 valence electrons. The number of ether oxygens (including phenoxy) is 3. The largest absolute Gasteiger partial charge is 0.493 e. The molecule has 0 spiro atoms. The molecule has 0 aliphatic carbocycles. The van der Waals surface area contributed by atoms with Crippen LogP contribution in [0.3, 0.4) is 0 Å². The highest BCUT2D eigenvalue weighted by Crippen LogP contribution is 2.36. The maximum Gasteiger partial charge on any atom is 0.231 e. The number of piperidine rings is 1. The lowest BCUT2D eigenvalue weighted by molar-refractivity contribution is 0.173. The summed E-state index contributed by atoms with van der Waals surface area (Å²) in [5, 5.41) is 2.86. The van der Waals surface area contributed by atoms with Gasteiger partial charge in [-0.3, -0.25) is 0 Å². The Labute approximate surface area is 153 Å².